The summed E-state index contributed by atoms with van der Waals surface area (Å²) in [5.74, 6) is -3.79. The number of nitrogens with one attached hydrogen (secondary N) is 4. The summed E-state index contributed by atoms with van der Waals surface area (Å²) in [6, 6.07) is 10.7. The monoisotopic (exact) mass is 847 g/mol. The number of nitrogens with zero attached hydrogens (tertiary/aromatic N) is 4. The molecule has 1 aliphatic rings. The second kappa shape index (κ2) is 23.3. The van der Waals surface area contributed by atoms with E-state index < -0.39 is 41.8 Å². The van der Waals surface area contributed by atoms with Gasteiger partial charge in [0.05, 0.1) is 32.9 Å². The van der Waals surface area contributed by atoms with Crippen LogP contribution in [0.15, 0.2) is 48.7 Å². The Bertz CT molecular complexity index is 1990. The molecule has 0 spiro atoms. The molecule has 0 bridgehead atoms. The first-order chi connectivity index (χ1) is 29.0. The third kappa shape index (κ3) is 16.3. The number of aromatic nitrogens is 3. The predicted molar refractivity (Wildman–Crippen MR) is 227 cm³/mol. The van der Waals surface area contributed by atoms with E-state index in [4.69, 9.17) is 5.11 Å². The van der Waals surface area contributed by atoms with E-state index in [2.05, 4.69) is 52.6 Å². The number of hydrogen-bond donors (Lipinski definition) is 6. The van der Waals surface area contributed by atoms with Crippen LogP contribution in [0.3, 0.4) is 0 Å². The summed E-state index contributed by atoms with van der Waals surface area (Å²) in [4.78, 5) is 87.3. The van der Waals surface area contributed by atoms with Crippen LogP contribution < -0.4 is 21.3 Å². The van der Waals surface area contributed by atoms with Crippen molar-refractivity contribution in [2.24, 2.45) is 17.8 Å². The highest BCUT2D eigenvalue weighted by molar-refractivity contribution is 5.90. The number of Topliss-reactive ketones (excluding diaryl/α,β-unsaturated/α-hetero) is 2. The number of unbranched alkanes of at least 4 members (excludes halogenated alkanes) is 1. The number of aliphatic carboxylic acids is 2. The third-order valence-electron chi connectivity index (χ3n) is 11.6. The average molecular weight is 848 g/mol. The van der Waals surface area contributed by atoms with Gasteiger partial charge in [0.15, 0.2) is 5.78 Å². The first-order valence-electron chi connectivity index (χ1n) is 21.3. The van der Waals surface area contributed by atoms with Gasteiger partial charge in [0.2, 0.25) is 11.8 Å². The van der Waals surface area contributed by atoms with Crippen molar-refractivity contribution >= 4 is 52.1 Å². The van der Waals surface area contributed by atoms with Gasteiger partial charge in [0.25, 0.3) is 0 Å². The Morgan fingerprint density at radius 3 is 2.26 bits per heavy atom. The number of benzene rings is 2. The van der Waals surface area contributed by atoms with Gasteiger partial charge >= 0.3 is 18.0 Å². The molecule has 0 aliphatic heterocycles. The van der Waals surface area contributed by atoms with E-state index in [1.165, 1.54) is 6.92 Å². The zero-order valence-corrected chi connectivity index (χ0v) is 35.9. The smallest absolute Gasteiger partial charge is 0.326 e. The Hall–Kier alpha value is -5.71. The van der Waals surface area contributed by atoms with Crippen molar-refractivity contribution in [2.45, 2.75) is 110 Å². The molecule has 3 atom stereocenters. The van der Waals surface area contributed by atoms with Gasteiger partial charge in [-0.3, -0.25) is 24.0 Å². The van der Waals surface area contributed by atoms with Crippen molar-refractivity contribution in [1.29, 1.82) is 0 Å². The van der Waals surface area contributed by atoms with Crippen molar-refractivity contribution in [3.8, 4) is 0 Å². The number of urea groups is 1. The van der Waals surface area contributed by atoms with Crippen LogP contribution in [0.2, 0.25) is 0 Å². The zero-order valence-electron chi connectivity index (χ0n) is 35.9. The highest BCUT2D eigenvalue weighted by Gasteiger charge is 2.31. The molecule has 0 saturated heterocycles. The van der Waals surface area contributed by atoms with Gasteiger partial charge in [-0.25, -0.2) is 14.3 Å². The third-order valence-corrected chi connectivity index (χ3v) is 11.6. The Kier molecular flexibility index (Phi) is 18.3. The van der Waals surface area contributed by atoms with E-state index in [1.54, 1.807) is 4.68 Å². The molecule has 1 aliphatic carbocycles. The molecule has 1 aromatic heterocycles. The number of quaternary nitrogens is 1. The lowest BCUT2D eigenvalue weighted by Gasteiger charge is -2.28. The molecule has 6 N–H and O–H groups in total. The number of hydrogen-bond acceptors (Lipinski definition) is 9. The van der Waals surface area contributed by atoms with Gasteiger partial charge in [-0.2, -0.15) is 0 Å². The SMILES string of the molecule is CC[N+](C)(C)Cc1cn(CC(=O)NCC2CCC(C(=O)CC(Cc3ccc4ccccc4c3)C(=O)NCCCC[C@H](NC(=O)N[C@@H](CCC(=O)O)C(C)=O)C(=O)O)CC2)nn1. The summed E-state index contributed by atoms with van der Waals surface area (Å²) in [5.41, 5.74) is 1.76. The van der Waals surface area contributed by atoms with Crippen LogP contribution >= 0.6 is 0 Å². The minimum atomic E-state index is -1.28. The number of carbonyl (C=O) groups is 7. The van der Waals surface area contributed by atoms with Crippen LogP contribution in [0.25, 0.3) is 10.8 Å². The molecule has 0 radical (unpaired) electrons. The maximum Gasteiger partial charge on any atom is 0.326 e. The van der Waals surface area contributed by atoms with Gasteiger partial charge in [0.1, 0.15) is 30.6 Å². The second-order valence-electron chi connectivity index (χ2n) is 17.0. The summed E-state index contributed by atoms with van der Waals surface area (Å²) >= 11 is 0. The lowest BCUT2D eigenvalue weighted by Crippen LogP contribution is -2.50. The molecule has 17 heteroatoms. The molecule has 1 saturated carbocycles. The van der Waals surface area contributed by atoms with E-state index in [1.807, 2.05) is 48.7 Å². The molecule has 1 fully saturated rings. The fourth-order valence-corrected chi connectivity index (χ4v) is 7.60. The zero-order chi connectivity index (χ0) is 44.5. The number of carboxylic acids is 2. The molecule has 3 aromatic rings. The van der Waals surface area contributed by atoms with Crippen LogP contribution in [0.5, 0.6) is 0 Å². The second-order valence-corrected chi connectivity index (χ2v) is 17.0. The van der Waals surface area contributed by atoms with Gasteiger partial charge in [0, 0.05) is 37.8 Å². The van der Waals surface area contributed by atoms with Crippen LogP contribution in [-0.2, 0) is 48.3 Å². The Balaban J connectivity index is 1.26. The predicted octanol–water partition coefficient (Wildman–Crippen LogP) is 3.63. The van der Waals surface area contributed by atoms with Gasteiger partial charge < -0.3 is 36.0 Å². The van der Waals surface area contributed by atoms with Crippen molar-refractivity contribution in [3.63, 3.8) is 0 Å². The molecule has 61 heavy (non-hydrogen) atoms. The summed E-state index contributed by atoms with van der Waals surface area (Å²) in [5, 5.41) is 39.7. The normalized spacial score (nSPS) is 16.8. The lowest BCUT2D eigenvalue weighted by atomic mass is 9.77. The molecule has 2 aromatic carbocycles. The fourth-order valence-electron chi connectivity index (χ4n) is 7.60. The number of fused-ring (bicyclic) bond motifs is 1. The van der Waals surface area contributed by atoms with Crippen LogP contribution in [-0.4, -0.2) is 117 Å². The molecular weight excluding hydrogens is 785 g/mol. The van der Waals surface area contributed by atoms with Crippen molar-refractivity contribution in [3.05, 3.63) is 59.9 Å². The van der Waals surface area contributed by atoms with Crippen molar-refractivity contribution in [2.75, 3.05) is 33.7 Å². The Morgan fingerprint density at radius 1 is 0.885 bits per heavy atom. The van der Waals surface area contributed by atoms with E-state index >= 15 is 0 Å². The lowest BCUT2D eigenvalue weighted by molar-refractivity contribution is -0.902. The maximum atomic E-state index is 13.8. The fraction of sp³-hybridized carbons (Fsp3) is 0.568. The number of ketones is 2. The standard InChI is InChI=1S/C44H62N8O9/c1-5-52(3,4)28-36-26-51(50-49-36)27-40(55)46-25-30-13-17-33(18-14-30)39(54)24-35(23-31-15-16-32-10-6-7-11-34(32)22-31)42(58)45-21-9-8-12-38(43(59)60)48-44(61)47-37(29(2)53)19-20-41(56)57/h6-7,10-11,15-16,22,26,30,33,35,37-38H,5,8-9,12-14,17-21,23-25,27-28H2,1-4H3,(H5-,45,46,47,48,55,56,57,58,59,60,61)/p+1/t30?,33?,35?,37-,38-/m0/s1. The van der Waals surface area contributed by atoms with E-state index in [0.717, 1.165) is 52.4 Å². The number of rotatable bonds is 25. The quantitative estimate of drug-likeness (QED) is 0.0532. The topological polar surface area (TPSA) is 239 Å². The molecule has 1 unspecified atom stereocenters. The minimum absolute atomic E-state index is 0.0407. The summed E-state index contributed by atoms with van der Waals surface area (Å²) in [6.07, 6.45) is 5.48. The maximum absolute atomic E-state index is 13.8. The molecule has 4 rings (SSSR count). The highest BCUT2D eigenvalue weighted by atomic mass is 16.4. The van der Waals surface area contributed by atoms with E-state index in [9.17, 15) is 38.7 Å². The number of carboxylic acid groups (broad SMARTS) is 2. The van der Waals surface area contributed by atoms with Gasteiger partial charge in [-0.05, 0) is 93.9 Å². The van der Waals surface area contributed by atoms with E-state index in [-0.39, 0.29) is 68.2 Å². The number of amides is 4. The first kappa shape index (κ1) is 48.0. The Labute approximate surface area is 357 Å². The average Bonchev–Trinajstić information content (AvgIpc) is 3.65. The Morgan fingerprint density at radius 2 is 1.59 bits per heavy atom. The summed E-state index contributed by atoms with van der Waals surface area (Å²) in [7, 11) is 4.23. The van der Waals surface area contributed by atoms with Crippen LogP contribution in [0, 0.1) is 17.8 Å². The molecule has 1 heterocycles. The van der Waals surface area contributed by atoms with E-state index in [0.29, 0.717) is 38.6 Å². The molecule has 4 amide bonds. The summed E-state index contributed by atoms with van der Waals surface area (Å²) in [6.45, 7) is 5.82. The number of carbonyl (C=O) groups excluding carboxylic acids is 5. The first-order valence-corrected chi connectivity index (χ1v) is 21.3. The van der Waals surface area contributed by atoms with Gasteiger partial charge in [-0.1, -0.05) is 47.7 Å². The van der Waals surface area contributed by atoms with Gasteiger partial charge in [-0.15, -0.1) is 5.10 Å². The van der Waals surface area contributed by atoms with Crippen LogP contribution in [0.4, 0.5) is 4.79 Å². The summed E-state index contributed by atoms with van der Waals surface area (Å²) < 4.78 is 2.32. The van der Waals surface area contributed by atoms with Crippen molar-refractivity contribution in [1.82, 2.24) is 36.3 Å². The van der Waals surface area contributed by atoms with Crippen LogP contribution in [0.1, 0.15) is 89.3 Å². The highest BCUT2D eigenvalue weighted by Crippen LogP contribution is 2.31. The largest absolute Gasteiger partial charge is 0.481 e. The van der Waals surface area contributed by atoms with Crippen molar-refractivity contribution < 1.29 is 48.3 Å². The minimum Gasteiger partial charge on any atom is -0.481 e. The molecular formula is C44H63N8O9+. The molecule has 17 nitrogen and oxygen atoms in total. The molecule has 332 valence electrons.